The van der Waals surface area contributed by atoms with E-state index in [1.807, 2.05) is 6.07 Å². The highest BCUT2D eigenvalue weighted by Crippen LogP contribution is 2.15. The highest BCUT2D eigenvalue weighted by atomic mass is 16.5. The standard InChI is InChI=1S/C14H19NO4/c1-3-19-14(18)10(2)15-9-12(13(16)17)11-7-5-4-6-8-11/h4-8,10,12,15H,3,9H2,1-2H3,(H,16,17). The van der Waals surface area contributed by atoms with E-state index < -0.39 is 17.9 Å². The number of nitrogens with one attached hydrogen (secondary N) is 1. The molecule has 0 saturated heterocycles. The number of carboxylic acid groups (broad SMARTS) is 1. The molecule has 104 valence electrons. The van der Waals surface area contributed by atoms with Crippen LogP contribution in [0.2, 0.25) is 0 Å². The number of carbonyl (C=O) groups excluding carboxylic acids is 1. The molecule has 0 aliphatic carbocycles. The van der Waals surface area contributed by atoms with Crippen molar-refractivity contribution >= 4 is 11.9 Å². The summed E-state index contributed by atoms with van der Waals surface area (Å²) in [4.78, 5) is 22.7. The normalized spacial score (nSPS) is 13.6. The summed E-state index contributed by atoms with van der Waals surface area (Å²) in [6, 6.07) is 8.41. The third-order valence-corrected chi connectivity index (χ3v) is 2.77. The van der Waals surface area contributed by atoms with E-state index in [0.717, 1.165) is 0 Å². The van der Waals surface area contributed by atoms with Crippen molar-refractivity contribution in [1.29, 1.82) is 0 Å². The predicted octanol–water partition coefficient (Wildman–Crippen LogP) is 1.40. The topological polar surface area (TPSA) is 75.6 Å². The number of carbonyl (C=O) groups is 2. The lowest BCUT2D eigenvalue weighted by Crippen LogP contribution is -2.39. The molecule has 1 rings (SSSR count). The van der Waals surface area contributed by atoms with E-state index in [9.17, 15) is 14.7 Å². The van der Waals surface area contributed by atoms with Gasteiger partial charge >= 0.3 is 11.9 Å². The second-order valence-corrected chi connectivity index (χ2v) is 4.18. The number of hydrogen-bond acceptors (Lipinski definition) is 4. The Morgan fingerprint density at radius 3 is 2.47 bits per heavy atom. The lowest BCUT2D eigenvalue weighted by atomic mass is 9.99. The Morgan fingerprint density at radius 1 is 1.32 bits per heavy atom. The quantitative estimate of drug-likeness (QED) is 0.729. The Hall–Kier alpha value is -1.88. The molecule has 19 heavy (non-hydrogen) atoms. The van der Waals surface area contributed by atoms with Crippen LogP contribution in [0.4, 0.5) is 0 Å². The van der Waals surface area contributed by atoms with Crippen LogP contribution in [0.5, 0.6) is 0 Å². The van der Waals surface area contributed by atoms with Crippen LogP contribution in [0.15, 0.2) is 30.3 Å². The van der Waals surface area contributed by atoms with Gasteiger partial charge in [-0.25, -0.2) is 0 Å². The summed E-state index contributed by atoms with van der Waals surface area (Å²) < 4.78 is 4.85. The zero-order chi connectivity index (χ0) is 14.3. The van der Waals surface area contributed by atoms with Gasteiger partial charge in [-0.1, -0.05) is 30.3 Å². The van der Waals surface area contributed by atoms with Crippen LogP contribution >= 0.6 is 0 Å². The Balaban J connectivity index is 2.61. The first-order chi connectivity index (χ1) is 9.06. The van der Waals surface area contributed by atoms with Gasteiger partial charge in [0, 0.05) is 6.54 Å². The monoisotopic (exact) mass is 265 g/mol. The molecule has 0 saturated carbocycles. The zero-order valence-corrected chi connectivity index (χ0v) is 11.1. The van der Waals surface area contributed by atoms with Crippen molar-refractivity contribution < 1.29 is 19.4 Å². The maximum atomic E-state index is 11.4. The minimum Gasteiger partial charge on any atom is -0.481 e. The molecule has 0 aromatic heterocycles. The molecule has 0 aliphatic heterocycles. The van der Waals surface area contributed by atoms with Crippen molar-refractivity contribution in [1.82, 2.24) is 5.32 Å². The van der Waals surface area contributed by atoms with Gasteiger partial charge in [0.2, 0.25) is 0 Å². The maximum Gasteiger partial charge on any atom is 0.322 e. The SMILES string of the molecule is CCOC(=O)C(C)NCC(C(=O)O)c1ccccc1. The van der Waals surface area contributed by atoms with Gasteiger partial charge in [0.25, 0.3) is 0 Å². The lowest BCUT2D eigenvalue weighted by Gasteiger charge is -2.17. The van der Waals surface area contributed by atoms with Crippen LogP contribution in [-0.4, -0.2) is 36.2 Å². The third-order valence-electron chi connectivity index (χ3n) is 2.77. The Bertz CT molecular complexity index is 419. The molecule has 5 nitrogen and oxygen atoms in total. The van der Waals surface area contributed by atoms with Crippen LogP contribution in [-0.2, 0) is 14.3 Å². The van der Waals surface area contributed by atoms with Gasteiger partial charge in [-0.3, -0.25) is 9.59 Å². The van der Waals surface area contributed by atoms with E-state index >= 15 is 0 Å². The fourth-order valence-electron chi connectivity index (χ4n) is 1.68. The lowest BCUT2D eigenvalue weighted by molar-refractivity contribution is -0.146. The highest BCUT2D eigenvalue weighted by Gasteiger charge is 2.22. The van der Waals surface area contributed by atoms with Crippen molar-refractivity contribution in [2.24, 2.45) is 0 Å². The largest absolute Gasteiger partial charge is 0.481 e. The van der Waals surface area contributed by atoms with E-state index in [4.69, 9.17) is 4.74 Å². The Kier molecular flexibility index (Phi) is 6.02. The minimum absolute atomic E-state index is 0.180. The zero-order valence-electron chi connectivity index (χ0n) is 11.1. The molecule has 0 amide bonds. The summed E-state index contributed by atoms with van der Waals surface area (Å²) >= 11 is 0. The number of ether oxygens (including phenoxy) is 1. The molecule has 2 atom stereocenters. The van der Waals surface area contributed by atoms with Crippen LogP contribution < -0.4 is 5.32 Å². The smallest absolute Gasteiger partial charge is 0.322 e. The molecule has 1 aromatic carbocycles. The highest BCUT2D eigenvalue weighted by molar-refractivity contribution is 5.77. The number of aliphatic carboxylic acids is 1. The maximum absolute atomic E-state index is 11.4. The number of carboxylic acids is 1. The molecule has 0 spiro atoms. The van der Waals surface area contributed by atoms with Crippen molar-refractivity contribution in [2.75, 3.05) is 13.2 Å². The number of hydrogen-bond donors (Lipinski definition) is 2. The molecule has 0 fully saturated rings. The number of benzene rings is 1. The van der Waals surface area contributed by atoms with E-state index in [0.29, 0.717) is 12.2 Å². The predicted molar refractivity (Wildman–Crippen MR) is 70.9 cm³/mol. The minimum atomic E-state index is -0.922. The molecule has 5 heteroatoms. The molecule has 0 radical (unpaired) electrons. The fourth-order valence-corrected chi connectivity index (χ4v) is 1.68. The molecule has 1 aromatic rings. The Morgan fingerprint density at radius 2 is 1.95 bits per heavy atom. The van der Waals surface area contributed by atoms with Gasteiger partial charge in [-0.2, -0.15) is 0 Å². The molecule has 0 heterocycles. The van der Waals surface area contributed by atoms with Crippen molar-refractivity contribution in [3.8, 4) is 0 Å². The number of esters is 1. The van der Waals surface area contributed by atoms with Gasteiger partial charge in [-0.15, -0.1) is 0 Å². The average Bonchev–Trinajstić information content (AvgIpc) is 2.39. The first-order valence-corrected chi connectivity index (χ1v) is 6.24. The first-order valence-electron chi connectivity index (χ1n) is 6.24. The molecular formula is C14H19NO4. The van der Waals surface area contributed by atoms with Gasteiger partial charge < -0.3 is 15.2 Å². The van der Waals surface area contributed by atoms with Crippen LogP contribution in [0.1, 0.15) is 25.3 Å². The Labute approximate surface area is 112 Å². The first kappa shape index (κ1) is 15.2. The van der Waals surface area contributed by atoms with Crippen molar-refractivity contribution in [2.45, 2.75) is 25.8 Å². The van der Waals surface area contributed by atoms with Gasteiger partial charge in [0.05, 0.1) is 12.5 Å². The van der Waals surface area contributed by atoms with E-state index in [1.54, 1.807) is 38.1 Å². The molecule has 0 aliphatic rings. The van der Waals surface area contributed by atoms with Gasteiger partial charge in [0.15, 0.2) is 0 Å². The summed E-state index contributed by atoms with van der Waals surface area (Å²) in [6.45, 7) is 3.88. The molecule has 2 N–H and O–H groups in total. The number of rotatable bonds is 7. The van der Waals surface area contributed by atoms with Crippen LogP contribution in [0.3, 0.4) is 0 Å². The van der Waals surface area contributed by atoms with Crippen LogP contribution in [0, 0.1) is 0 Å². The van der Waals surface area contributed by atoms with E-state index in [2.05, 4.69) is 5.32 Å². The molecular weight excluding hydrogens is 246 g/mol. The summed E-state index contributed by atoms with van der Waals surface area (Å²) in [5.74, 6) is -1.98. The molecule has 0 bridgehead atoms. The second kappa shape index (κ2) is 7.53. The van der Waals surface area contributed by atoms with Crippen LogP contribution in [0.25, 0.3) is 0 Å². The summed E-state index contributed by atoms with van der Waals surface area (Å²) in [6.07, 6.45) is 0. The fraction of sp³-hybridized carbons (Fsp3) is 0.429. The van der Waals surface area contributed by atoms with Gasteiger partial charge in [-0.05, 0) is 19.4 Å². The summed E-state index contributed by atoms with van der Waals surface area (Å²) in [5, 5.41) is 12.1. The second-order valence-electron chi connectivity index (χ2n) is 4.18. The summed E-state index contributed by atoms with van der Waals surface area (Å²) in [7, 11) is 0. The van der Waals surface area contributed by atoms with E-state index in [1.165, 1.54) is 0 Å². The summed E-state index contributed by atoms with van der Waals surface area (Å²) in [5.41, 5.74) is 0.707. The van der Waals surface area contributed by atoms with Gasteiger partial charge in [0.1, 0.15) is 6.04 Å². The molecule has 2 unspecified atom stereocenters. The van der Waals surface area contributed by atoms with Crippen molar-refractivity contribution in [3.63, 3.8) is 0 Å². The third kappa shape index (κ3) is 4.71. The van der Waals surface area contributed by atoms with Crippen molar-refractivity contribution in [3.05, 3.63) is 35.9 Å². The average molecular weight is 265 g/mol. The van der Waals surface area contributed by atoms with E-state index in [-0.39, 0.29) is 12.5 Å².